The van der Waals surface area contributed by atoms with Gasteiger partial charge in [0, 0.05) is 12.0 Å². The van der Waals surface area contributed by atoms with Gasteiger partial charge in [0.05, 0.1) is 0 Å². The molecule has 0 heterocycles. The molecule has 0 atom stereocenters. The highest BCUT2D eigenvalue weighted by atomic mass is 16.3. The monoisotopic (exact) mass is 342 g/mol. The Balaban J connectivity index is 0.000000399. The molecule has 0 radical (unpaired) electrons. The number of phenols is 2. The van der Waals surface area contributed by atoms with Crippen LogP contribution >= 0.6 is 0 Å². The molecule has 1 saturated carbocycles. The van der Waals surface area contributed by atoms with Crippen molar-refractivity contribution in [3.63, 3.8) is 0 Å². The number of phenolic OH excluding ortho intramolecular Hbond substituents is 2. The number of benzene rings is 2. The maximum atomic E-state index is 9.51. The Morgan fingerprint density at radius 1 is 0.760 bits per heavy atom. The van der Waals surface area contributed by atoms with Crippen molar-refractivity contribution in [1.29, 1.82) is 0 Å². The highest BCUT2D eigenvalue weighted by molar-refractivity contribution is 5.43. The maximum absolute atomic E-state index is 9.51. The summed E-state index contributed by atoms with van der Waals surface area (Å²) in [5, 5.41) is 27.2. The van der Waals surface area contributed by atoms with E-state index in [9.17, 15) is 10.2 Å². The third-order valence-corrected chi connectivity index (χ3v) is 4.91. The van der Waals surface area contributed by atoms with Crippen LogP contribution in [0.15, 0.2) is 48.5 Å². The first-order valence-electron chi connectivity index (χ1n) is 9.18. The van der Waals surface area contributed by atoms with Gasteiger partial charge in [0.2, 0.25) is 0 Å². The molecule has 0 amide bonds. The zero-order valence-corrected chi connectivity index (χ0v) is 15.3. The van der Waals surface area contributed by atoms with Crippen LogP contribution in [0.1, 0.15) is 57.1 Å². The highest BCUT2D eigenvalue weighted by Gasteiger charge is 2.35. The van der Waals surface area contributed by atoms with Crippen LogP contribution in [0.2, 0.25) is 0 Å². The molecule has 2 aromatic rings. The summed E-state index contributed by atoms with van der Waals surface area (Å²) in [7, 11) is 0. The molecule has 0 saturated heterocycles. The van der Waals surface area contributed by atoms with Crippen LogP contribution in [0.5, 0.6) is 11.5 Å². The molecule has 0 aliphatic heterocycles. The van der Waals surface area contributed by atoms with Gasteiger partial charge < -0.3 is 15.3 Å². The van der Waals surface area contributed by atoms with E-state index >= 15 is 0 Å². The zero-order chi connectivity index (χ0) is 18.3. The zero-order valence-electron chi connectivity index (χ0n) is 15.3. The molecule has 2 aromatic carbocycles. The van der Waals surface area contributed by atoms with Gasteiger partial charge in [-0.3, -0.25) is 0 Å². The normalized spacial score (nSPS) is 16.2. The largest absolute Gasteiger partial charge is 0.508 e. The average molecular weight is 342 g/mol. The molecule has 1 aliphatic carbocycles. The summed E-state index contributed by atoms with van der Waals surface area (Å²) in [6.07, 6.45) is 5.99. The molecule has 3 rings (SSSR count). The summed E-state index contributed by atoms with van der Waals surface area (Å²) in [4.78, 5) is 0. The second-order valence-electron chi connectivity index (χ2n) is 7.31. The van der Waals surface area contributed by atoms with Crippen LogP contribution in [0.25, 0.3) is 0 Å². The van der Waals surface area contributed by atoms with Crippen LogP contribution in [0, 0.1) is 5.92 Å². The minimum absolute atomic E-state index is 0.0274. The summed E-state index contributed by atoms with van der Waals surface area (Å²) in [5.74, 6) is 1.06. The molecule has 0 spiro atoms. The first-order chi connectivity index (χ1) is 12.0. The predicted octanol–water partition coefficient (Wildman–Crippen LogP) is 4.98. The molecule has 0 unspecified atom stereocenters. The minimum atomic E-state index is 0.0274. The van der Waals surface area contributed by atoms with Crippen LogP contribution in [0.4, 0.5) is 0 Å². The SMILES string of the molecule is CC(C)CO.Oc1ccc(C2(c3ccc(O)cc3)CCCCC2)cc1. The fourth-order valence-corrected chi connectivity index (χ4v) is 3.46. The second-order valence-corrected chi connectivity index (χ2v) is 7.31. The number of aromatic hydroxyl groups is 2. The fraction of sp³-hybridized carbons (Fsp3) is 0.455. The van der Waals surface area contributed by atoms with E-state index in [1.54, 1.807) is 24.3 Å². The van der Waals surface area contributed by atoms with Gasteiger partial charge in [-0.25, -0.2) is 0 Å². The molecular weight excluding hydrogens is 312 g/mol. The molecule has 1 aliphatic rings. The smallest absolute Gasteiger partial charge is 0.115 e. The third kappa shape index (κ3) is 4.99. The summed E-state index contributed by atoms with van der Waals surface area (Å²) in [6.45, 7) is 4.25. The first kappa shape index (κ1) is 19.3. The lowest BCUT2D eigenvalue weighted by atomic mass is 9.65. The van der Waals surface area contributed by atoms with Gasteiger partial charge in [-0.1, -0.05) is 57.4 Å². The standard InChI is InChI=1S/C18H20O2.C4H10O/c19-16-8-4-14(5-9-16)18(12-2-1-3-13-18)15-6-10-17(20)11-7-15;1-4(2)3-5/h4-11,19-20H,1-3,12-13H2;4-5H,3H2,1-2H3. The lowest BCUT2D eigenvalue weighted by Gasteiger charge is -2.38. The predicted molar refractivity (Wildman–Crippen MR) is 102 cm³/mol. The van der Waals surface area contributed by atoms with Crippen molar-refractivity contribution >= 4 is 0 Å². The third-order valence-electron chi connectivity index (χ3n) is 4.91. The summed E-state index contributed by atoms with van der Waals surface area (Å²) in [6, 6.07) is 15.2. The van der Waals surface area contributed by atoms with Crippen LogP contribution in [-0.2, 0) is 5.41 Å². The Morgan fingerprint density at radius 3 is 1.44 bits per heavy atom. The topological polar surface area (TPSA) is 60.7 Å². The first-order valence-corrected chi connectivity index (χ1v) is 9.18. The number of hydrogen-bond acceptors (Lipinski definition) is 3. The van der Waals surface area contributed by atoms with Crippen molar-refractivity contribution in [3.8, 4) is 11.5 Å². The van der Waals surface area contributed by atoms with Crippen LogP contribution in [0.3, 0.4) is 0 Å². The van der Waals surface area contributed by atoms with E-state index in [-0.39, 0.29) is 5.41 Å². The van der Waals surface area contributed by atoms with E-state index in [4.69, 9.17) is 5.11 Å². The van der Waals surface area contributed by atoms with Gasteiger partial charge in [0.1, 0.15) is 11.5 Å². The lowest BCUT2D eigenvalue weighted by Crippen LogP contribution is -2.30. The molecule has 3 N–H and O–H groups in total. The van der Waals surface area contributed by atoms with Gasteiger partial charge in [0.15, 0.2) is 0 Å². The van der Waals surface area contributed by atoms with E-state index in [1.165, 1.54) is 30.4 Å². The van der Waals surface area contributed by atoms with E-state index in [0.29, 0.717) is 24.0 Å². The van der Waals surface area contributed by atoms with Crippen molar-refractivity contribution < 1.29 is 15.3 Å². The van der Waals surface area contributed by atoms with Gasteiger partial charge in [-0.2, -0.15) is 0 Å². The molecule has 0 aromatic heterocycles. The van der Waals surface area contributed by atoms with E-state index < -0.39 is 0 Å². The number of rotatable bonds is 3. The Kier molecular flexibility index (Phi) is 6.89. The molecule has 0 bridgehead atoms. The fourth-order valence-electron chi connectivity index (χ4n) is 3.46. The molecule has 1 fully saturated rings. The van der Waals surface area contributed by atoms with Crippen molar-refractivity contribution in [2.24, 2.45) is 5.92 Å². The van der Waals surface area contributed by atoms with Gasteiger partial charge in [-0.15, -0.1) is 0 Å². The van der Waals surface area contributed by atoms with Crippen molar-refractivity contribution in [3.05, 3.63) is 59.7 Å². The van der Waals surface area contributed by atoms with Gasteiger partial charge >= 0.3 is 0 Å². The van der Waals surface area contributed by atoms with Crippen LogP contribution < -0.4 is 0 Å². The Bertz CT molecular complexity index is 576. The Labute approximate surface area is 151 Å². The number of aliphatic hydroxyl groups excluding tert-OH is 1. The van der Waals surface area contributed by atoms with E-state index in [0.717, 1.165) is 12.8 Å². The average Bonchev–Trinajstić information content (AvgIpc) is 2.64. The highest BCUT2D eigenvalue weighted by Crippen LogP contribution is 2.45. The van der Waals surface area contributed by atoms with E-state index in [2.05, 4.69) is 0 Å². The lowest BCUT2D eigenvalue weighted by molar-refractivity contribution is 0.248. The van der Waals surface area contributed by atoms with Crippen LogP contribution in [-0.4, -0.2) is 21.9 Å². The van der Waals surface area contributed by atoms with Crippen molar-refractivity contribution in [1.82, 2.24) is 0 Å². The molecule has 136 valence electrons. The molecule has 25 heavy (non-hydrogen) atoms. The minimum Gasteiger partial charge on any atom is -0.508 e. The van der Waals surface area contributed by atoms with Crippen molar-refractivity contribution in [2.75, 3.05) is 6.61 Å². The number of aliphatic hydroxyl groups is 1. The Morgan fingerprint density at radius 2 is 1.12 bits per heavy atom. The summed E-state index contributed by atoms with van der Waals surface area (Å²) < 4.78 is 0. The molecular formula is C22H30O3. The quantitative estimate of drug-likeness (QED) is 0.737. The summed E-state index contributed by atoms with van der Waals surface area (Å²) in [5.41, 5.74) is 2.56. The molecule has 3 nitrogen and oxygen atoms in total. The van der Waals surface area contributed by atoms with E-state index in [1.807, 2.05) is 38.1 Å². The van der Waals surface area contributed by atoms with Crippen molar-refractivity contribution in [2.45, 2.75) is 51.4 Å². The Hall–Kier alpha value is -2.00. The van der Waals surface area contributed by atoms with Gasteiger partial charge in [-0.05, 0) is 54.2 Å². The maximum Gasteiger partial charge on any atom is 0.115 e. The van der Waals surface area contributed by atoms with Gasteiger partial charge in [0.25, 0.3) is 0 Å². The summed E-state index contributed by atoms with van der Waals surface area (Å²) >= 11 is 0. The molecule has 3 heteroatoms. The second kappa shape index (κ2) is 8.91. The number of hydrogen-bond donors (Lipinski definition) is 3.